The number of carbonyl (C=O) groups is 1. The van der Waals surface area contributed by atoms with Crippen molar-refractivity contribution >= 4 is 5.91 Å². The van der Waals surface area contributed by atoms with Gasteiger partial charge in [-0.3, -0.25) is 4.79 Å². The molecule has 0 aliphatic carbocycles. The van der Waals surface area contributed by atoms with E-state index in [2.05, 4.69) is 0 Å². The van der Waals surface area contributed by atoms with Gasteiger partial charge in [0.1, 0.15) is 5.75 Å². The van der Waals surface area contributed by atoms with Gasteiger partial charge in [-0.1, -0.05) is 12.1 Å². The molecule has 23 heavy (non-hydrogen) atoms. The first-order valence-electron chi connectivity index (χ1n) is 8.40. The van der Waals surface area contributed by atoms with E-state index >= 15 is 0 Å². The molecule has 5 nitrogen and oxygen atoms in total. The molecule has 3 rings (SSSR count). The molecule has 0 N–H and O–H groups in total. The SMILES string of the molecule is COc1cccc(CCC(=O)N2CCC(C3OCCO3)CC2)c1. The minimum atomic E-state index is -0.0518. The van der Waals surface area contributed by atoms with Crippen molar-refractivity contribution in [3.63, 3.8) is 0 Å². The van der Waals surface area contributed by atoms with Crippen molar-refractivity contribution in [1.29, 1.82) is 0 Å². The number of ether oxygens (including phenoxy) is 3. The van der Waals surface area contributed by atoms with Gasteiger partial charge in [-0.2, -0.15) is 0 Å². The third-order valence-corrected chi connectivity index (χ3v) is 4.69. The van der Waals surface area contributed by atoms with Gasteiger partial charge in [0.2, 0.25) is 5.91 Å². The fourth-order valence-corrected chi connectivity index (χ4v) is 3.31. The molecular formula is C18H25NO4. The normalized spacial score (nSPS) is 20.0. The minimum Gasteiger partial charge on any atom is -0.497 e. The minimum absolute atomic E-state index is 0.0518. The number of rotatable bonds is 5. The van der Waals surface area contributed by atoms with Crippen LogP contribution in [0, 0.1) is 5.92 Å². The maximum Gasteiger partial charge on any atom is 0.222 e. The van der Waals surface area contributed by atoms with Crippen LogP contribution in [-0.4, -0.2) is 50.5 Å². The van der Waals surface area contributed by atoms with Crippen molar-refractivity contribution < 1.29 is 19.0 Å². The Morgan fingerprint density at radius 1 is 1.26 bits per heavy atom. The molecule has 0 radical (unpaired) electrons. The van der Waals surface area contributed by atoms with Crippen LogP contribution in [-0.2, 0) is 20.7 Å². The third-order valence-electron chi connectivity index (χ3n) is 4.69. The first-order valence-corrected chi connectivity index (χ1v) is 8.40. The zero-order chi connectivity index (χ0) is 16.1. The van der Waals surface area contributed by atoms with E-state index in [-0.39, 0.29) is 12.2 Å². The highest BCUT2D eigenvalue weighted by molar-refractivity contribution is 5.76. The average Bonchev–Trinajstić information content (AvgIpc) is 3.14. The fourth-order valence-electron chi connectivity index (χ4n) is 3.31. The van der Waals surface area contributed by atoms with Crippen LogP contribution >= 0.6 is 0 Å². The number of aryl methyl sites for hydroxylation is 1. The van der Waals surface area contributed by atoms with E-state index in [1.54, 1.807) is 7.11 Å². The highest BCUT2D eigenvalue weighted by Crippen LogP contribution is 2.26. The van der Waals surface area contributed by atoms with Crippen molar-refractivity contribution in [1.82, 2.24) is 4.90 Å². The second kappa shape index (κ2) is 7.79. The molecule has 0 atom stereocenters. The van der Waals surface area contributed by atoms with Crippen LogP contribution in [0.15, 0.2) is 24.3 Å². The summed E-state index contributed by atoms with van der Waals surface area (Å²) in [5.41, 5.74) is 1.14. The Labute approximate surface area is 137 Å². The van der Waals surface area contributed by atoms with Gasteiger partial charge in [0, 0.05) is 25.4 Å². The number of nitrogens with zero attached hydrogens (tertiary/aromatic N) is 1. The Morgan fingerprint density at radius 2 is 2.00 bits per heavy atom. The van der Waals surface area contributed by atoms with Gasteiger partial charge in [-0.25, -0.2) is 0 Å². The zero-order valence-electron chi connectivity index (χ0n) is 13.7. The average molecular weight is 319 g/mol. The summed E-state index contributed by atoms with van der Waals surface area (Å²) in [5.74, 6) is 1.51. The Balaban J connectivity index is 1.44. The number of carbonyl (C=O) groups excluding carboxylic acids is 1. The van der Waals surface area contributed by atoms with Gasteiger partial charge in [-0.15, -0.1) is 0 Å². The first-order chi connectivity index (χ1) is 11.3. The summed E-state index contributed by atoms with van der Waals surface area (Å²) in [7, 11) is 1.66. The van der Waals surface area contributed by atoms with Crippen LogP contribution in [0.1, 0.15) is 24.8 Å². The molecule has 2 aliphatic rings. The maximum atomic E-state index is 12.4. The Morgan fingerprint density at radius 3 is 2.70 bits per heavy atom. The number of amides is 1. The van der Waals surface area contributed by atoms with E-state index in [4.69, 9.17) is 14.2 Å². The Kier molecular flexibility index (Phi) is 5.51. The second-order valence-corrected chi connectivity index (χ2v) is 6.18. The molecular weight excluding hydrogens is 294 g/mol. The lowest BCUT2D eigenvalue weighted by molar-refractivity contribution is -0.136. The van der Waals surface area contributed by atoms with Crippen molar-refractivity contribution in [3.8, 4) is 5.75 Å². The molecule has 0 bridgehead atoms. The van der Waals surface area contributed by atoms with Crippen LogP contribution in [0.5, 0.6) is 5.75 Å². The van der Waals surface area contributed by atoms with Crippen LogP contribution in [0.25, 0.3) is 0 Å². The van der Waals surface area contributed by atoms with Crippen molar-refractivity contribution in [3.05, 3.63) is 29.8 Å². The molecule has 2 saturated heterocycles. The second-order valence-electron chi connectivity index (χ2n) is 6.18. The largest absolute Gasteiger partial charge is 0.497 e. The molecule has 1 aromatic rings. The number of hydrogen-bond donors (Lipinski definition) is 0. The number of methoxy groups -OCH3 is 1. The van der Waals surface area contributed by atoms with Crippen LogP contribution in [0.2, 0.25) is 0 Å². The van der Waals surface area contributed by atoms with Gasteiger partial charge in [0.15, 0.2) is 6.29 Å². The molecule has 2 fully saturated rings. The van der Waals surface area contributed by atoms with E-state index in [1.165, 1.54) is 0 Å². The summed E-state index contributed by atoms with van der Waals surface area (Å²) in [6.45, 7) is 3.02. The lowest BCUT2D eigenvalue weighted by atomic mass is 9.95. The van der Waals surface area contributed by atoms with E-state index in [9.17, 15) is 4.79 Å². The molecule has 1 aromatic carbocycles. The molecule has 0 aromatic heterocycles. The quantitative estimate of drug-likeness (QED) is 0.835. The monoisotopic (exact) mass is 319 g/mol. The maximum absolute atomic E-state index is 12.4. The van der Waals surface area contributed by atoms with Crippen LogP contribution in [0.4, 0.5) is 0 Å². The molecule has 2 heterocycles. The topological polar surface area (TPSA) is 48.0 Å². The van der Waals surface area contributed by atoms with Crippen LogP contribution < -0.4 is 4.74 Å². The lowest BCUT2D eigenvalue weighted by Crippen LogP contribution is -2.41. The van der Waals surface area contributed by atoms with Crippen molar-refractivity contribution in [2.24, 2.45) is 5.92 Å². The number of piperidine rings is 1. The predicted molar refractivity (Wildman–Crippen MR) is 86.3 cm³/mol. The molecule has 2 aliphatic heterocycles. The number of hydrogen-bond acceptors (Lipinski definition) is 4. The van der Waals surface area contributed by atoms with Crippen LogP contribution in [0.3, 0.4) is 0 Å². The molecule has 0 spiro atoms. The van der Waals surface area contributed by atoms with Gasteiger partial charge in [0.05, 0.1) is 20.3 Å². The third kappa shape index (κ3) is 4.24. The fraction of sp³-hybridized carbons (Fsp3) is 0.611. The molecule has 126 valence electrons. The predicted octanol–water partition coefficient (Wildman–Crippen LogP) is 2.24. The van der Waals surface area contributed by atoms with Gasteiger partial charge < -0.3 is 19.1 Å². The number of benzene rings is 1. The van der Waals surface area contributed by atoms with E-state index < -0.39 is 0 Å². The lowest BCUT2D eigenvalue weighted by Gasteiger charge is -2.34. The van der Waals surface area contributed by atoms with E-state index in [1.807, 2.05) is 29.2 Å². The molecule has 1 amide bonds. The summed E-state index contributed by atoms with van der Waals surface area (Å²) in [6.07, 6.45) is 3.19. The number of likely N-dealkylation sites (tertiary alicyclic amines) is 1. The summed E-state index contributed by atoms with van der Waals surface area (Å²) in [6, 6.07) is 7.92. The Hall–Kier alpha value is -1.59. The van der Waals surface area contributed by atoms with E-state index in [0.29, 0.717) is 25.6 Å². The van der Waals surface area contributed by atoms with Crippen molar-refractivity contribution in [2.45, 2.75) is 32.0 Å². The summed E-state index contributed by atoms with van der Waals surface area (Å²) >= 11 is 0. The summed E-state index contributed by atoms with van der Waals surface area (Å²) < 4.78 is 16.4. The van der Waals surface area contributed by atoms with E-state index in [0.717, 1.165) is 43.7 Å². The van der Waals surface area contributed by atoms with Gasteiger partial charge >= 0.3 is 0 Å². The standard InChI is InChI=1S/C18H25NO4/c1-21-16-4-2-3-14(13-16)5-6-17(20)19-9-7-15(8-10-19)18-22-11-12-23-18/h2-4,13,15,18H,5-12H2,1H3. The molecule has 5 heteroatoms. The first kappa shape index (κ1) is 16.3. The van der Waals surface area contributed by atoms with Crippen molar-refractivity contribution in [2.75, 3.05) is 33.4 Å². The molecule has 0 saturated carbocycles. The summed E-state index contributed by atoms with van der Waals surface area (Å²) in [4.78, 5) is 14.4. The van der Waals surface area contributed by atoms with Gasteiger partial charge in [0.25, 0.3) is 0 Å². The Bertz CT molecular complexity index is 520. The summed E-state index contributed by atoms with van der Waals surface area (Å²) in [5, 5.41) is 0. The smallest absolute Gasteiger partial charge is 0.222 e. The van der Waals surface area contributed by atoms with Gasteiger partial charge in [-0.05, 0) is 37.0 Å². The zero-order valence-corrected chi connectivity index (χ0v) is 13.7. The molecule has 0 unspecified atom stereocenters. The highest BCUT2D eigenvalue weighted by atomic mass is 16.7. The highest BCUT2D eigenvalue weighted by Gasteiger charge is 2.31.